The van der Waals surface area contributed by atoms with E-state index in [9.17, 15) is 0 Å². The molecule has 3 aromatic rings. The molecule has 120 valence electrons. The number of hydrogen-bond acceptors (Lipinski definition) is 5. The average Bonchev–Trinajstić information content (AvgIpc) is 3.08. The van der Waals surface area contributed by atoms with Gasteiger partial charge < -0.3 is 9.88 Å². The van der Waals surface area contributed by atoms with E-state index in [4.69, 9.17) is 5.26 Å². The highest BCUT2D eigenvalue weighted by molar-refractivity contribution is 5.46. The van der Waals surface area contributed by atoms with E-state index in [0.29, 0.717) is 18.1 Å². The van der Waals surface area contributed by atoms with Gasteiger partial charge in [0.2, 0.25) is 0 Å². The number of anilines is 1. The summed E-state index contributed by atoms with van der Waals surface area (Å²) in [6.45, 7) is 1.41. The lowest BCUT2D eigenvalue weighted by Gasteiger charge is -2.10. The zero-order chi connectivity index (χ0) is 16.6. The molecule has 6 heteroatoms. The molecule has 2 aromatic heterocycles. The predicted molar refractivity (Wildman–Crippen MR) is 91.1 cm³/mol. The van der Waals surface area contributed by atoms with Gasteiger partial charge in [-0.05, 0) is 18.4 Å². The molecule has 0 saturated heterocycles. The number of nitrogens with zero attached hydrogens (tertiary/aromatic N) is 5. The summed E-state index contributed by atoms with van der Waals surface area (Å²) in [5, 5.41) is 12.2. The number of hydrogen-bond donors (Lipinski definition) is 1. The van der Waals surface area contributed by atoms with Crippen LogP contribution in [0.4, 0.5) is 5.82 Å². The maximum atomic E-state index is 9.04. The number of rotatable bonds is 7. The van der Waals surface area contributed by atoms with Crippen LogP contribution < -0.4 is 5.32 Å². The summed E-state index contributed by atoms with van der Waals surface area (Å²) in [5.74, 6) is 1.40. The lowest BCUT2D eigenvalue weighted by Crippen LogP contribution is -2.11. The predicted octanol–water partition coefficient (Wildman–Crippen LogP) is 2.79. The van der Waals surface area contributed by atoms with Gasteiger partial charge in [0.15, 0.2) is 11.5 Å². The lowest BCUT2D eigenvalue weighted by molar-refractivity contribution is 0.615. The molecule has 0 atom stereocenters. The normalized spacial score (nSPS) is 10.3. The molecule has 3 rings (SSSR count). The van der Waals surface area contributed by atoms with Gasteiger partial charge in [0.1, 0.15) is 11.9 Å². The Morgan fingerprint density at radius 2 is 1.88 bits per heavy atom. The van der Waals surface area contributed by atoms with Gasteiger partial charge in [-0.2, -0.15) is 5.26 Å². The highest BCUT2D eigenvalue weighted by atomic mass is 15.1. The minimum absolute atomic E-state index is 0.291. The van der Waals surface area contributed by atoms with Gasteiger partial charge in [0.05, 0.1) is 6.54 Å². The zero-order valence-electron chi connectivity index (χ0n) is 13.3. The summed E-state index contributed by atoms with van der Waals surface area (Å²) in [6.07, 6.45) is 8.92. The Balaban J connectivity index is 1.56. The van der Waals surface area contributed by atoms with Gasteiger partial charge in [-0.3, -0.25) is 0 Å². The minimum atomic E-state index is 0.291. The van der Waals surface area contributed by atoms with Crippen molar-refractivity contribution >= 4 is 5.82 Å². The topological polar surface area (TPSA) is 79.4 Å². The van der Waals surface area contributed by atoms with Gasteiger partial charge >= 0.3 is 0 Å². The van der Waals surface area contributed by atoms with Crippen molar-refractivity contribution in [1.29, 1.82) is 5.26 Å². The van der Waals surface area contributed by atoms with Crippen molar-refractivity contribution < 1.29 is 0 Å². The van der Waals surface area contributed by atoms with Crippen molar-refractivity contribution in [3.05, 3.63) is 72.2 Å². The molecule has 0 spiro atoms. The van der Waals surface area contributed by atoms with Crippen LogP contribution in [-0.2, 0) is 19.5 Å². The summed E-state index contributed by atoms with van der Waals surface area (Å²) >= 11 is 0. The van der Waals surface area contributed by atoms with E-state index in [0.717, 1.165) is 25.2 Å². The molecule has 0 unspecified atom stereocenters. The van der Waals surface area contributed by atoms with Crippen molar-refractivity contribution in [1.82, 2.24) is 19.5 Å². The first-order chi connectivity index (χ1) is 11.9. The Morgan fingerprint density at radius 1 is 1.04 bits per heavy atom. The summed E-state index contributed by atoms with van der Waals surface area (Å²) in [6, 6.07) is 12.5. The molecule has 0 aliphatic carbocycles. The third kappa shape index (κ3) is 3.96. The van der Waals surface area contributed by atoms with E-state index in [1.54, 1.807) is 12.4 Å². The smallest absolute Gasteiger partial charge is 0.182 e. The number of benzene rings is 1. The van der Waals surface area contributed by atoms with Crippen LogP contribution in [0.5, 0.6) is 0 Å². The molecule has 0 aliphatic rings. The molecule has 0 radical (unpaired) electrons. The van der Waals surface area contributed by atoms with Gasteiger partial charge in [0, 0.05) is 31.3 Å². The highest BCUT2D eigenvalue weighted by Crippen LogP contribution is 2.10. The summed E-state index contributed by atoms with van der Waals surface area (Å²) in [5.41, 5.74) is 1.63. The Kier molecular flexibility index (Phi) is 5.15. The summed E-state index contributed by atoms with van der Waals surface area (Å²) in [4.78, 5) is 12.5. The first-order valence-electron chi connectivity index (χ1n) is 7.86. The van der Waals surface area contributed by atoms with E-state index < -0.39 is 0 Å². The molecular formula is C18H18N6. The Morgan fingerprint density at radius 3 is 2.71 bits per heavy atom. The number of nitrogens with one attached hydrogen (secondary N) is 1. The Labute approximate surface area is 140 Å². The molecule has 0 fully saturated rings. The quantitative estimate of drug-likeness (QED) is 0.724. The zero-order valence-corrected chi connectivity index (χ0v) is 13.3. The van der Waals surface area contributed by atoms with Gasteiger partial charge in [-0.25, -0.2) is 15.0 Å². The monoisotopic (exact) mass is 318 g/mol. The number of aryl methyl sites for hydroxylation is 2. The Hall–Kier alpha value is -3.20. The number of nitriles is 1. The van der Waals surface area contributed by atoms with E-state index in [1.807, 2.05) is 18.3 Å². The van der Waals surface area contributed by atoms with Crippen LogP contribution >= 0.6 is 0 Å². The molecule has 1 N–H and O–H groups in total. The molecule has 0 bridgehead atoms. The van der Waals surface area contributed by atoms with Gasteiger partial charge in [-0.1, -0.05) is 30.3 Å². The summed E-state index contributed by atoms with van der Waals surface area (Å²) < 4.78 is 2.12. The second-order valence-corrected chi connectivity index (χ2v) is 5.34. The Bertz CT molecular complexity index is 819. The van der Waals surface area contributed by atoms with Crippen LogP contribution in [-0.4, -0.2) is 19.5 Å². The fraction of sp³-hybridized carbons (Fsp3) is 0.222. The van der Waals surface area contributed by atoms with Crippen LogP contribution in [0.25, 0.3) is 0 Å². The molecule has 0 aliphatic heterocycles. The number of imidazole rings is 1. The fourth-order valence-electron chi connectivity index (χ4n) is 2.52. The molecule has 24 heavy (non-hydrogen) atoms. The third-order valence-corrected chi connectivity index (χ3v) is 3.73. The molecule has 0 saturated carbocycles. The molecular weight excluding hydrogens is 300 g/mol. The van der Waals surface area contributed by atoms with Gasteiger partial charge in [-0.15, -0.1) is 0 Å². The second kappa shape index (κ2) is 7.88. The fourth-order valence-corrected chi connectivity index (χ4v) is 2.52. The van der Waals surface area contributed by atoms with Crippen molar-refractivity contribution in [2.75, 3.05) is 5.32 Å². The van der Waals surface area contributed by atoms with Crippen molar-refractivity contribution in [3.8, 4) is 6.07 Å². The molecule has 6 nitrogen and oxygen atoms in total. The second-order valence-electron chi connectivity index (χ2n) is 5.34. The lowest BCUT2D eigenvalue weighted by atomic mass is 10.1. The third-order valence-electron chi connectivity index (χ3n) is 3.73. The first kappa shape index (κ1) is 15.7. The van der Waals surface area contributed by atoms with Crippen LogP contribution in [0.2, 0.25) is 0 Å². The van der Waals surface area contributed by atoms with Crippen molar-refractivity contribution in [2.24, 2.45) is 0 Å². The van der Waals surface area contributed by atoms with Crippen molar-refractivity contribution in [3.63, 3.8) is 0 Å². The molecule has 2 heterocycles. The van der Waals surface area contributed by atoms with Crippen molar-refractivity contribution in [2.45, 2.75) is 25.9 Å². The van der Waals surface area contributed by atoms with Crippen LogP contribution in [0, 0.1) is 11.3 Å². The maximum absolute atomic E-state index is 9.04. The minimum Gasteiger partial charge on any atom is -0.360 e. The largest absolute Gasteiger partial charge is 0.360 e. The molecule has 1 aromatic carbocycles. The van der Waals surface area contributed by atoms with E-state index in [2.05, 4.69) is 49.1 Å². The molecule has 0 amide bonds. The standard InChI is InChI=1S/C18H18N6/c19-13-16-18(22-9-8-20-16)23-14-17-21-10-12-24(17)11-4-7-15-5-2-1-3-6-15/h1-3,5-6,8-10,12H,4,7,11,14H2,(H,22,23). The average molecular weight is 318 g/mol. The van der Waals surface area contributed by atoms with E-state index in [1.165, 1.54) is 11.8 Å². The summed E-state index contributed by atoms with van der Waals surface area (Å²) in [7, 11) is 0. The number of aromatic nitrogens is 4. The van der Waals surface area contributed by atoms with Crippen LogP contribution in [0.15, 0.2) is 55.1 Å². The maximum Gasteiger partial charge on any atom is 0.182 e. The van der Waals surface area contributed by atoms with Crippen LogP contribution in [0.1, 0.15) is 23.5 Å². The van der Waals surface area contributed by atoms with Crippen LogP contribution in [0.3, 0.4) is 0 Å². The van der Waals surface area contributed by atoms with Gasteiger partial charge in [0.25, 0.3) is 0 Å². The van der Waals surface area contributed by atoms with E-state index in [-0.39, 0.29) is 0 Å². The SMILES string of the molecule is N#Cc1nccnc1NCc1nccn1CCCc1ccccc1. The van der Waals surface area contributed by atoms with E-state index >= 15 is 0 Å². The first-order valence-corrected chi connectivity index (χ1v) is 7.86. The highest BCUT2D eigenvalue weighted by Gasteiger charge is 2.07.